The van der Waals surface area contributed by atoms with Gasteiger partial charge in [0.05, 0.1) is 28.0 Å². The van der Waals surface area contributed by atoms with Crippen LogP contribution in [0.3, 0.4) is 0 Å². The van der Waals surface area contributed by atoms with Gasteiger partial charge in [0.25, 0.3) is 0 Å². The predicted octanol–water partition coefficient (Wildman–Crippen LogP) is 11.6. The van der Waals surface area contributed by atoms with Gasteiger partial charge in [-0.25, -0.2) is 0 Å². The molecule has 0 saturated carbocycles. The van der Waals surface area contributed by atoms with Crippen molar-refractivity contribution in [2.75, 3.05) is 9.80 Å². The Labute approximate surface area is 304 Å². The number of hydrogen-bond acceptors (Lipinski definition) is 3. The van der Waals surface area contributed by atoms with Crippen molar-refractivity contribution in [2.45, 2.75) is 95.8 Å². The molecule has 5 aromatic rings. The maximum Gasteiger partial charge on any atom is 0.190 e. The third-order valence-electron chi connectivity index (χ3n) is 10.1. The molecule has 4 atom stereocenters. The van der Waals surface area contributed by atoms with E-state index in [4.69, 9.17) is 4.74 Å². The van der Waals surface area contributed by atoms with Gasteiger partial charge in [-0.3, -0.25) is 0 Å². The van der Waals surface area contributed by atoms with Gasteiger partial charge in [-0.2, -0.15) is 0 Å². The largest absolute Gasteiger partial charge is 0.457 e. The minimum atomic E-state index is -0.207. The Bertz CT molecular complexity index is 2120. The van der Waals surface area contributed by atoms with Crippen molar-refractivity contribution in [1.82, 2.24) is 0 Å². The SMILES string of the molecule is Cc1ccc2c(c1)N(C(C)C)c1ccccc1[S+]2c1ccc(Oc2ccc([S+]3c4ccc(C)cc4N(C(C)C)C4(C)C=CC=CC34)cc2)cc1. The molecule has 0 bridgehead atoms. The van der Waals surface area contributed by atoms with E-state index >= 15 is 0 Å². The van der Waals surface area contributed by atoms with Gasteiger partial charge in [0.1, 0.15) is 27.9 Å². The van der Waals surface area contributed by atoms with Gasteiger partial charge < -0.3 is 14.5 Å². The van der Waals surface area contributed by atoms with E-state index in [-0.39, 0.29) is 27.3 Å². The van der Waals surface area contributed by atoms with Crippen LogP contribution in [-0.2, 0) is 21.8 Å². The lowest BCUT2D eigenvalue weighted by Gasteiger charge is -2.50. The average molecular weight is 695 g/mol. The van der Waals surface area contributed by atoms with Gasteiger partial charge in [-0.15, -0.1) is 0 Å². The van der Waals surface area contributed by atoms with Crippen LogP contribution < -0.4 is 14.5 Å². The number of anilines is 3. The van der Waals surface area contributed by atoms with E-state index in [9.17, 15) is 0 Å². The van der Waals surface area contributed by atoms with E-state index in [1.165, 1.54) is 52.7 Å². The van der Waals surface area contributed by atoms with Gasteiger partial charge in [0, 0.05) is 12.1 Å². The average Bonchev–Trinajstić information content (AvgIpc) is 3.09. The summed E-state index contributed by atoms with van der Waals surface area (Å²) in [6.45, 7) is 16.0. The summed E-state index contributed by atoms with van der Waals surface area (Å²) >= 11 is 0. The lowest BCUT2D eigenvalue weighted by molar-refractivity contribution is 0.470. The van der Waals surface area contributed by atoms with Crippen molar-refractivity contribution in [1.29, 1.82) is 0 Å². The fraction of sp³-hybridized carbons (Fsp3) is 0.244. The van der Waals surface area contributed by atoms with Gasteiger partial charge in [-0.05, 0) is 151 Å². The molecule has 0 saturated heterocycles. The summed E-state index contributed by atoms with van der Waals surface area (Å²) in [5.74, 6) is 1.71. The Balaban J connectivity index is 1.09. The van der Waals surface area contributed by atoms with Crippen molar-refractivity contribution < 1.29 is 4.74 Å². The number of fused-ring (bicyclic) bond motifs is 4. The predicted molar refractivity (Wildman–Crippen MR) is 213 cm³/mol. The first-order valence-corrected chi connectivity index (χ1v) is 20.3. The summed E-state index contributed by atoms with van der Waals surface area (Å²) < 4.78 is 6.49. The van der Waals surface area contributed by atoms with Gasteiger partial charge in [0.2, 0.25) is 0 Å². The Morgan fingerprint density at radius 2 is 1.22 bits per heavy atom. The second-order valence-electron chi connectivity index (χ2n) is 14.4. The Morgan fingerprint density at radius 3 is 1.88 bits per heavy atom. The fourth-order valence-corrected chi connectivity index (χ4v) is 13.1. The molecular weight excluding hydrogens is 649 g/mol. The Morgan fingerprint density at radius 1 is 0.620 bits per heavy atom. The number of rotatable bonds is 6. The summed E-state index contributed by atoms with van der Waals surface area (Å²) in [5, 5.41) is 0.344. The molecule has 4 unspecified atom stereocenters. The van der Waals surface area contributed by atoms with Crippen LogP contribution in [0.1, 0.15) is 45.7 Å². The highest BCUT2D eigenvalue weighted by molar-refractivity contribution is 7.98. The van der Waals surface area contributed by atoms with E-state index in [2.05, 4.69) is 192 Å². The maximum absolute atomic E-state index is 6.49. The second-order valence-corrected chi connectivity index (χ2v) is 18.5. The van der Waals surface area contributed by atoms with E-state index in [0.29, 0.717) is 17.3 Å². The molecular formula is C45H46N2OS2+2. The van der Waals surface area contributed by atoms with Crippen LogP contribution in [0, 0.1) is 13.8 Å². The first kappa shape index (κ1) is 32.9. The number of benzene rings is 5. The first-order chi connectivity index (χ1) is 24.1. The van der Waals surface area contributed by atoms with Crippen LogP contribution >= 0.6 is 0 Å². The summed E-state index contributed by atoms with van der Waals surface area (Å²) in [6, 6.07) is 41.3. The molecule has 0 amide bonds. The molecule has 252 valence electrons. The minimum Gasteiger partial charge on any atom is -0.457 e. The smallest absolute Gasteiger partial charge is 0.190 e. The van der Waals surface area contributed by atoms with Crippen molar-refractivity contribution in [3.8, 4) is 11.5 Å². The maximum atomic E-state index is 6.49. The van der Waals surface area contributed by atoms with Crippen LogP contribution in [0.25, 0.3) is 0 Å². The zero-order valence-electron chi connectivity index (χ0n) is 30.1. The number of allylic oxidation sites excluding steroid dienone is 2. The van der Waals surface area contributed by atoms with Gasteiger partial charge >= 0.3 is 0 Å². The van der Waals surface area contributed by atoms with E-state index in [0.717, 1.165) is 11.5 Å². The molecule has 0 N–H and O–H groups in total. The molecule has 2 heterocycles. The van der Waals surface area contributed by atoms with E-state index in [1.54, 1.807) is 0 Å². The lowest BCUT2D eigenvalue weighted by atomic mass is 9.88. The highest BCUT2D eigenvalue weighted by Crippen LogP contribution is 2.51. The number of ether oxygens (including phenoxy) is 1. The summed E-state index contributed by atoms with van der Waals surface area (Å²) in [5.41, 5.74) is 6.46. The minimum absolute atomic E-state index is 0.102. The van der Waals surface area contributed by atoms with Crippen LogP contribution in [0.15, 0.2) is 158 Å². The van der Waals surface area contributed by atoms with Crippen molar-refractivity contribution >= 4 is 38.9 Å². The highest BCUT2D eigenvalue weighted by atomic mass is 32.2. The van der Waals surface area contributed by atoms with Crippen LogP contribution in [0.4, 0.5) is 17.1 Å². The molecule has 3 aliphatic rings. The molecule has 0 fully saturated rings. The zero-order chi connectivity index (χ0) is 34.7. The van der Waals surface area contributed by atoms with Crippen LogP contribution in [-0.4, -0.2) is 22.9 Å². The third kappa shape index (κ3) is 5.46. The number of nitrogens with zero attached hydrogens (tertiary/aromatic N) is 2. The van der Waals surface area contributed by atoms with Crippen LogP contribution in [0.2, 0.25) is 0 Å². The molecule has 5 heteroatoms. The molecule has 5 aromatic carbocycles. The molecule has 0 spiro atoms. The molecule has 3 nitrogen and oxygen atoms in total. The van der Waals surface area contributed by atoms with Crippen molar-refractivity contribution in [3.05, 3.63) is 145 Å². The van der Waals surface area contributed by atoms with Gasteiger partial charge in [0.15, 0.2) is 29.7 Å². The summed E-state index contributed by atoms with van der Waals surface area (Å²) in [7, 11) is -0.333. The highest BCUT2D eigenvalue weighted by Gasteiger charge is 2.56. The summed E-state index contributed by atoms with van der Waals surface area (Å²) in [6.07, 6.45) is 9.30. The third-order valence-corrected chi connectivity index (χ3v) is 15.2. The quantitative estimate of drug-likeness (QED) is 0.165. The molecule has 1 aliphatic carbocycles. The fourth-order valence-electron chi connectivity index (χ4n) is 8.06. The number of hydrogen-bond donors (Lipinski definition) is 0. The second kappa shape index (κ2) is 12.8. The number of para-hydroxylation sites is 1. The summed E-state index contributed by atoms with van der Waals surface area (Å²) in [4.78, 5) is 12.0. The standard InChI is InChI=1S/C45H46N2OS2/c1-30(2)46-38-12-8-9-13-41(38)49(42-25-15-32(5)28-39(42)46)36-21-17-34(18-22-36)48-35-19-23-37(24-20-35)50-43-26-16-33(6)29-40(43)47(31(3)4)45(7)27-11-10-14-44(45)50/h8-31,44H,1-7H3/q+2. The van der Waals surface area contributed by atoms with Gasteiger partial charge in [-0.1, -0.05) is 42.5 Å². The monoisotopic (exact) mass is 694 g/mol. The van der Waals surface area contributed by atoms with Crippen molar-refractivity contribution in [3.63, 3.8) is 0 Å². The molecule has 0 radical (unpaired) electrons. The molecule has 2 aliphatic heterocycles. The lowest BCUT2D eigenvalue weighted by Crippen LogP contribution is -2.61. The van der Waals surface area contributed by atoms with Crippen molar-refractivity contribution in [2.24, 2.45) is 0 Å². The number of aryl methyl sites for hydroxylation is 2. The topological polar surface area (TPSA) is 15.7 Å². The molecule has 50 heavy (non-hydrogen) atoms. The molecule has 0 aromatic heterocycles. The molecule has 8 rings (SSSR count). The zero-order valence-corrected chi connectivity index (χ0v) is 31.7. The van der Waals surface area contributed by atoms with E-state index < -0.39 is 0 Å². The van der Waals surface area contributed by atoms with E-state index in [1.807, 2.05) is 0 Å². The Kier molecular flexibility index (Phi) is 8.40. The van der Waals surface area contributed by atoms with Crippen LogP contribution in [0.5, 0.6) is 11.5 Å². The Hall–Kier alpha value is -4.32. The first-order valence-electron chi connectivity index (χ1n) is 17.7. The normalized spacial score (nSPS) is 21.9.